The van der Waals surface area contributed by atoms with Crippen LogP contribution in [0.25, 0.3) is 0 Å². The van der Waals surface area contributed by atoms with E-state index in [9.17, 15) is 17.6 Å². The van der Waals surface area contributed by atoms with Gasteiger partial charge in [-0.25, -0.2) is 13.8 Å². The van der Waals surface area contributed by atoms with E-state index in [-0.39, 0.29) is 0 Å². The Balaban J connectivity index is 3.46. The molecule has 60 valence electrons. The second-order valence-corrected chi connectivity index (χ2v) is 1.99. The van der Waals surface area contributed by atoms with E-state index in [1.807, 2.05) is 0 Å². The highest BCUT2D eigenvalue weighted by atomic mass is 35.5. The number of hydrogen-bond acceptors (Lipinski definition) is 1. The zero-order chi connectivity index (χ0) is 8.59. The lowest BCUT2D eigenvalue weighted by Gasteiger charge is -1.96. The van der Waals surface area contributed by atoms with Crippen molar-refractivity contribution in [2.75, 3.05) is 0 Å². The molecule has 0 fully saturated rings. The molecule has 0 saturated heterocycles. The molecule has 6 heteroatoms. The van der Waals surface area contributed by atoms with Crippen molar-refractivity contribution in [3.8, 4) is 0 Å². The molecule has 0 aliphatic heterocycles. The molecule has 0 unspecified atom stereocenters. The van der Waals surface area contributed by atoms with Crippen LogP contribution in [0.1, 0.15) is 0 Å². The van der Waals surface area contributed by atoms with Crippen molar-refractivity contribution in [3.05, 3.63) is 28.6 Å². The second kappa shape index (κ2) is 2.65. The van der Waals surface area contributed by atoms with Crippen molar-refractivity contribution in [2.24, 2.45) is 0 Å². The molecule has 0 amide bonds. The highest BCUT2D eigenvalue weighted by Crippen LogP contribution is 2.18. The van der Waals surface area contributed by atoms with E-state index >= 15 is 0 Å². The zero-order valence-corrected chi connectivity index (χ0v) is 5.59. The molecule has 0 atom stereocenters. The molecular formula is C5ClF4N. The summed E-state index contributed by atoms with van der Waals surface area (Å²) in [6.07, 6.45) is 0. The minimum atomic E-state index is -1.97. The second-order valence-electron chi connectivity index (χ2n) is 1.64. The molecule has 0 spiro atoms. The van der Waals surface area contributed by atoms with Gasteiger partial charge in [-0.2, -0.15) is 8.78 Å². The highest BCUT2D eigenvalue weighted by Gasteiger charge is 2.18. The molecule has 0 radical (unpaired) electrons. The Labute approximate surface area is 63.6 Å². The van der Waals surface area contributed by atoms with Crippen LogP contribution in [0.4, 0.5) is 17.6 Å². The van der Waals surface area contributed by atoms with Crippen molar-refractivity contribution in [3.63, 3.8) is 0 Å². The molecule has 1 nitrogen and oxygen atoms in total. The van der Waals surface area contributed by atoms with Gasteiger partial charge in [0.25, 0.3) is 5.95 Å². The Kier molecular flexibility index (Phi) is 1.99. The SMILES string of the molecule is Fc1nc(Cl)c(F)c(F)c1F. The van der Waals surface area contributed by atoms with Crippen LogP contribution in [0.3, 0.4) is 0 Å². The molecule has 0 aromatic carbocycles. The number of pyridine rings is 1. The van der Waals surface area contributed by atoms with Crippen LogP contribution in [0.2, 0.25) is 5.15 Å². The van der Waals surface area contributed by atoms with Crippen molar-refractivity contribution >= 4 is 11.6 Å². The van der Waals surface area contributed by atoms with Crippen molar-refractivity contribution in [1.82, 2.24) is 4.98 Å². The van der Waals surface area contributed by atoms with Gasteiger partial charge in [0.05, 0.1) is 0 Å². The lowest BCUT2D eigenvalue weighted by atomic mass is 10.4. The van der Waals surface area contributed by atoms with Gasteiger partial charge in [-0.3, -0.25) is 0 Å². The molecule has 11 heavy (non-hydrogen) atoms. The summed E-state index contributed by atoms with van der Waals surface area (Å²) < 4.78 is 48.4. The summed E-state index contributed by atoms with van der Waals surface area (Å²) in [7, 11) is 0. The van der Waals surface area contributed by atoms with Gasteiger partial charge in [0.2, 0.25) is 11.6 Å². The zero-order valence-electron chi connectivity index (χ0n) is 4.84. The Hall–Kier alpha value is -0.840. The topological polar surface area (TPSA) is 12.9 Å². The number of halogens is 5. The molecule has 0 aliphatic rings. The van der Waals surface area contributed by atoms with Crippen LogP contribution in [0.15, 0.2) is 0 Å². The largest absolute Gasteiger partial charge is 0.253 e. The van der Waals surface area contributed by atoms with Crippen LogP contribution in [0, 0.1) is 23.4 Å². The van der Waals surface area contributed by atoms with Crippen LogP contribution in [-0.2, 0) is 0 Å². The lowest BCUT2D eigenvalue weighted by Crippen LogP contribution is -1.99. The minimum absolute atomic E-state index is 1.03. The molecule has 1 aromatic rings. The van der Waals surface area contributed by atoms with Crippen LogP contribution in [0.5, 0.6) is 0 Å². The molecule has 1 aromatic heterocycles. The number of aromatic nitrogens is 1. The van der Waals surface area contributed by atoms with Crippen LogP contribution < -0.4 is 0 Å². The van der Waals surface area contributed by atoms with E-state index in [0.29, 0.717) is 0 Å². The quantitative estimate of drug-likeness (QED) is 0.446. The van der Waals surface area contributed by atoms with Gasteiger partial charge >= 0.3 is 0 Å². The van der Waals surface area contributed by atoms with Gasteiger partial charge in [0.15, 0.2) is 11.0 Å². The maximum atomic E-state index is 12.2. The Morgan fingerprint density at radius 2 is 1.45 bits per heavy atom. The van der Waals surface area contributed by atoms with E-state index < -0.39 is 28.6 Å². The number of nitrogens with zero attached hydrogens (tertiary/aromatic N) is 1. The van der Waals surface area contributed by atoms with Gasteiger partial charge in [0, 0.05) is 0 Å². The van der Waals surface area contributed by atoms with E-state index in [1.54, 1.807) is 0 Å². The third-order valence-electron chi connectivity index (χ3n) is 0.944. The third-order valence-corrected chi connectivity index (χ3v) is 1.19. The van der Waals surface area contributed by atoms with E-state index in [2.05, 4.69) is 4.98 Å². The first kappa shape index (κ1) is 8.26. The minimum Gasteiger partial charge on any atom is -0.202 e. The average Bonchev–Trinajstić information content (AvgIpc) is 1.97. The predicted octanol–water partition coefficient (Wildman–Crippen LogP) is 2.29. The first-order valence-corrected chi connectivity index (χ1v) is 2.77. The van der Waals surface area contributed by atoms with E-state index in [0.717, 1.165) is 0 Å². The molecule has 0 N–H and O–H groups in total. The lowest BCUT2D eigenvalue weighted by molar-refractivity contribution is 0.391. The first-order valence-electron chi connectivity index (χ1n) is 2.39. The summed E-state index contributed by atoms with van der Waals surface area (Å²) in [4.78, 5) is 2.54. The fourth-order valence-corrected chi connectivity index (χ4v) is 0.619. The summed E-state index contributed by atoms with van der Waals surface area (Å²) in [5.74, 6) is -7.37. The molecule has 1 rings (SSSR count). The van der Waals surface area contributed by atoms with E-state index in [1.165, 1.54) is 0 Å². The molecular weight excluding hydrogens is 186 g/mol. The highest BCUT2D eigenvalue weighted by molar-refractivity contribution is 6.29. The number of rotatable bonds is 0. The Morgan fingerprint density at radius 3 is 2.00 bits per heavy atom. The summed E-state index contributed by atoms with van der Waals surface area (Å²) in [6, 6.07) is 0. The third kappa shape index (κ3) is 1.28. The van der Waals surface area contributed by atoms with Gasteiger partial charge in [-0.15, -0.1) is 0 Å². The van der Waals surface area contributed by atoms with E-state index in [4.69, 9.17) is 11.6 Å². The smallest absolute Gasteiger partial charge is 0.202 e. The fraction of sp³-hybridized carbons (Fsp3) is 0. The van der Waals surface area contributed by atoms with Gasteiger partial charge < -0.3 is 0 Å². The average molecular weight is 186 g/mol. The van der Waals surface area contributed by atoms with Crippen molar-refractivity contribution in [1.29, 1.82) is 0 Å². The normalized spacial score (nSPS) is 10.3. The monoisotopic (exact) mass is 185 g/mol. The summed E-state index contributed by atoms with van der Waals surface area (Å²) in [6.45, 7) is 0. The summed E-state index contributed by atoms with van der Waals surface area (Å²) in [5, 5.41) is -1.03. The molecule has 1 heterocycles. The Bertz CT molecular complexity index is 275. The fourth-order valence-electron chi connectivity index (χ4n) is 0.462. The van der Waals surface area contributed by atoms with Crippen molar-refractivity contribution in [2.45, 2.75) is 0 Å². The molecule has 0 aliphatic carbocycles. The number of hydrogen-bond donors (Lipinski definition) is 0. The predicted molar refractivity (Wildman–Crippen MR) is 29.1 cm³/mol. The summed E-state index contributed by atoms with van der Waals surface area (Å²) in [5.41, 5.74) is 0. The standard InChI is InChI=1S/C5ClF4N/c6-4-2(8)1(7)3(9)5(10)11-4. The van der Waals surface area contributed by atoms with Crippen LogP contribution in [-0.4, -0.2) is 4.98 Å². The van der Waals surface area contributed by atoms with Gasteiger partial charge in [0.1, 0.15) is 0 Å². The maximum absolute atomic E-state index is 12.2. The van der Waals surface area contributed by atoms with Crippen molar-refractivity contribution < 1.29 is 17.6 Å². The van der Waals surface area contributed by atoms with Gasteiger partial charge in [-0.05, 0) is 0 Å². The Morgan fingerprint density at radius 1 is 0.909 bits per heavy atom. The maximum Gasteiger partial charge on any atom is 0.253 e. The summed E-state index contributed by atoms with van der Waals surface area (Å²) >= 11 is 4.86. The van der Waals surface area contributed by atoms with Crippen LogP contribution >= 0.6 is 11.6 Å². The molecule has 0 saturated carbocycles. The first-order chi connectivity index (χ1) is 5.04. The van der Waals surface area contributed by atoms with Gasteiger partial charge in [-0.1, -0.05) is 11.6 Å². The molecule has 0 bridgehead atoms.